The van der Waals surface area contributed by atoms with E-state index in [1.165, 1.54) is 29.9 Å². The van der Waals surface area contributed by atoms with Gasteiger partial charge in [-0.15, -0.1) is 0 Å². The van der Waals surface area contributed by atoms with Crippen molar-refractivity contribution in [3.8, 4) is 0 Å². The van der Waals surface area contributed by atoms with Gasteiger partial charge in [-0.2, -0.15) is 11.8 Å². The van der Waals surface area contributed by atoms with E-state index >= 15 is 0 Å². The van der Waals surface area contributed by atoms with Gasteiger partial charge in [-0.05, 0) is 36.8 Å². The monoisotopic (exact) mass is 206 g/mol. The van der Waals surface area contributed by atoms with Gasteiger partial charge in [0.1, 0.15) is 0 Å². The molecule has 1 fully saturated rings. The fourth-order valence-corrected chi connectivity index (χ4v) is 2.25. The Morgan fingerprint density at radius 1 is 1.14 bits per heavy atom. The molecule has 0 unspecified atom stereocenters. The van der Waals surface area contributed by atoms with Crippen molar-refractivity contribution in [2.75, 3.05) is 11.5 Å². The van der Waals surface area contributed by atoms with Crippen LogP contribution >= 0.6 is 11.8 Å². The summed E-state index contributed by atoms with van der Waals surface area (Å²) in [4.78, 5) is 0. The molecule has 1 aliphatic rings. The average molecular weight is 206 g/mol. The van der Waals surface area contributed by atoms with Crippen LogP contribution in [-0.4, -0.2) is 11.5 Å². The summed E-state index contributed by atoms with van der Waals surface area (Å²) in [5.74, 6) is 2.83. The zero-order valence-corrected chi connectivity index (χ0v) is 9.65. The van der Waals surface area contributed by atoms with Crippen LogP contribution in [0.2, 0.25) is 0 Å². The van der Waals surface area contributed by atoms with Crippen molar-refractivity contribution in [1.29, 1.82) is 0 Å². The van der Waals surface area contributed by atoms with Crippen molar-refractivity contribution in [2.45, 2.75) is 19.8 Å². The van der Waals surface area contributed by atoms with Crippen LogP contribution in [-0.2, 0) is 0 Å². The molecule has 0 aliphatic carbocycles. The molecule has 0 amide bonds. The molecular weight excluding hydrogens is 188 g/mol. The third-order valence-electron chi connectivity index (χ3n) is 2.09. The quantitative estimate of drug-likeness (QED) is 0.662. The van der Waals surface area contributed by atoms with Gasteiger partial charge in [-0.25, -0.2) is 0 Å². The van der Waals surface area contributed by atoms with Crippen LogP contribution in [0.1, 0.15) is 25.3 Å². The summed E-state index contributed by atoms with van der Waals surface area (Å²) in [5.41, 5.74) is 2.34. The third-order valence-corrected chi connectivity index (χ3v) is 3.25. The molecule has 76 valence electrons. The van der Waals surface area contributed by atoms with Crippen LogP contribution in [0, 0.1) is 0 Å². The van der Waals surface area contributed by atoms with E-state index in [1.807, 2.05) is 25.1 Å². The SMILES string of the molecule is C1CCSC1.C=C(C)c1ccccc1. The van der Waals surface area contributed by atoms with Crippen LogP contribution in [0.4, 0.5) is 0 Å². The first kappa shape index (κ1) is 11.4. The molecule has 0 spiro atoms. The molecule has 0 bridgehead atoms. The zero-order valence-electron chi connectivity index (χ0n) is 8.83. The van der Waals surface area contributed by atoms with Gasteiger partial charge < -0.3 is 0 Å². The molecule has 0 saturated carbocycles. The normalized spacial score (nSPS) is 14.4. The first-order valence-electron chi connectivity index (χ1n) is 5.09. The average Bonchev–Trinajstić information content (AvgIpc) is 2.77. The molecule has 0 aromatic heterocycles. The molecule has 0 atom stereocenters. The van der Waals surface area contributed by atoms with E-state index in [-0.39, 0.29) is 0 Å². The second kappa shape index (κ2) is 6.72. The van der Waals surface area contributed by atoms with E-state index in [0.717, 1.165) is 5.57 Å². The number of benzene rings is 1. The Kier molecular flexibility index (Phi) is 5.46. The molecule has 2 rings (SSSR count). The summed E-state index contributed by atoms with van der Waals surface area (Å²) in [6.07, 6.45) is 2.93. The number of allylic oxidation sites excluding steroid dienone is 1. The van der Waals surface area contributed by atoms with Crippen LogP contribution in [0.25, 0.3) is 5.57 Å². The molecular formula is C13H18S. The van der Waals surface area contributed by atoms with E-state index in [1.54, 1.807) is 0 Å². The fraction of sp³-hybridized carbons (Fsp3) is 0.385. The summed E-state index contributed by atoms with van der Waals surface area (Å²) in [6.45, 7) is 5.83. The smallest absolute Gasteiger partial charge is 0.00672 e. The van der Waals surface area contributed by atoms with Crippen LogP contribution in [0.15, 0.2) is 36.9 Å². The molecule has 1 aromatic rings. The Morgan fingerprint density at radius 3 is 2.00 bits per heavy atom. The second-order valence-corrected chi connectivity index (χ2v) is 4.69. The maximum atomic E-state index is 3.83. The first-order chi connectivity index (χ1) is 6.80. The van der Waals surface area contributed by atoms with Gasteiger partial charge in [0.05, 0.1) is 0 Å². The van der Waals surface area contributed by atoms with Crippen molar-refractivity contribution >= 4 is 17.3 Å². The van der Waals surface area contributed by atoms with Gasteiger partial charge in [0.2, 0.25) is 0 Å². The Bertz CT molecular complexity index is 252. The molecule has 14 heavy (non-hydrogen) atoms. The summed E-state index contributed by atoms with van der Waals surface area (Å²) in [5, 5.41) is 0. The molecule has 0 N–H and O–H groups in total. The van der Waals surface area contributed by atoms with Crippen LogP contribution < -0.4 is 0 Å². The Balaban J connectivity index is 0.000000165. The zero-order chi connectivity index (χ0) is 10.2. The highest BCUT2D eigenvalue weighted by Gasteiger charge is 1.95. The van der Waals surface area contributed by atoms with E-state index in [9.17, 15) is 0 Å². The standard InChI is InChI=1S/C9H10.C4H8S/c1-8(2)9-6-4-3-5-7-9;1-2-4-5-3-1/h3-7H,1H2,2H3;1-4H2. The van der Waals surface area contributed by atoms with Crippen molar-refractivity contribution in [1.82, 2.24) is 0 Å². The predicted octanol–water partition coefficient (Wildman–Crippen LogP) is 4.23. The predicted molar refractivity (Wildman–Crippen MR) is 67.7 cm³/mol. The summed E-state index contributed by atoms with van der Waals surface area (Å²) >= 11 is 2.07. The minimum absolute atomic E-state index is 1.12. The van der Waals surface area contributed by atoms with Gasteiger partial charge in [0.25, 0.3) is 0 Å². The highest BCUT2D eigenvalue weighted by atomic mass is 32.2. The van der Waals surface area contributed by atoms with Crippen molar-refractivity contribution in [3.63, 3.8) is 0 Å². The molecule has 0 nitrogen and oxygen atoms in total. The minimum Gasteiger partial charge on any atom is -0.162 e. The Morgan fingerprint density at radius 2 is 1.71 bits per heavy atom. The van der Waals surface area contributed by atoms with Crippen molar-refractivity contribution in [3.05, 3.63) is 42.5 Å². The number of hydrogen-bond acceptors (Lipinski definition) is 1. The van der Waals surface area contributed by atoms with Gasteiger partial charge in [-0.1, -0.05) is 42.5 Å². The van der Waals surface area contributed by atoms with Gasteiger partial charge in [0.15, 0.2) is 0 Å². The summed E-state index contributed by atoms with van der Waals surface area (Å²) < 4.78 is 0. The van der Waals surface area contributed by atoms with Gasteiger partial charge in [0, 0.05) is 0 Å². The molecule has 1 aromatic carbocycles. The summed E-state index contributed by atoms with van der Waals surface area (Å²) in [6, 6.07) is 10.2. The van der Waals surface area contributed by atoms with Gasteiger partial charge in [-0.3, -0.25) is 0 Å². The molecule has 1 heteroatoms. The van der Waals surface area contributed by atoms with Gasteiger partial charge >= 0.3 is 0 Å². The van der Waals surface area contributed by atoms with E-state index in [2.05, 4.69) is 30.5 Å². The largest absolute Gasteiger partial charge is 0.162 e. The fourth-order valence-electron chi connectivity index (χ4n) is 1.23. The first-order valence-corrected chi connectivity index (χ1v) is 6.25. The topological polar surface area (TPSA) is 0 Å². The van der Waals surface area contributed by atoms with E-state index < -0.39 is 0 Å². The molecule has 1 saturated heterocycles. The summed E-state index contributed by atoms with van der Waals surface area (Å²) in [7, 11) is 0. The van der Waals surface area contributed by atoms with Crippen molar-refractivity contribution < 1.29 is 0 Å². The lowest BCUT2D eigenvalue weighted by Crippen LogP contribution is -1.72. The van der Waals surface area contributed by atoms with Crippen LogP contribution in [0.5, 0.6) is 0 Å². The maximum absolute atomic E-state index is 3.83. The second-order valence-electron chi connectivity index (χ2n) is 3.47. The van der Waals surface area contributed by atoms with Crippen molar-refractivity contribution in [2.24, 2.45) is 0 Å². The number of thioether (sulfide) groups is 1. The lowest BCUT2D eigenvalue weighted by Gasteiger charge is -1.94. The van der Waals surface area contributed by atoms with E-state index in [0.29, 0.717) is 0 Å². The van der Waals surface area contributed by atoms with Crippen LogP contribution in [0.3, 0.4) is 0 Å². The third kappa shape index (κ3) is 4.52. The molecule has 1 heterocycles. The Hall–Kier alpha value is -0.690. The number of hydrogen-bond donors (Lipinski definition) is 0. The van der Waals surface area contributed by atoms with E-state index in [4.69, 9.17) is 0 Å². The Labute approximate surface area is 91.4 Å². The molecule has 0 radical (unpaired) electrons. The lowest BCUT2D eigenvalue weighted by atomic mass is 10.1. The molecule has 1 aliphatic heterocycles. The maximum Gasteiger partial charge on any atom is -0.00672 e. The minimum atomic E-state index is 1.12. The lowest BCUT2D eigenvalue weighted by molar-refractivity contribution is 0.949. The highest BCUT2D eigenvalue weighted by molar-refractivity contribution is 7.99. The highest BCUT2D eigenvalue weighted by Crippen LogP contribution is 2.14. The number of rotatable bonds is 1.